The molecule has 0 saturated heterocycles. The molecule has 6 heteroatoms. The minimum absolute atomic E-state index is 0.230. The Morgan fingerprint density at radius 2 is 0.796 bits per heavy atom. The lowest BCUT2D eigenvalue weighted by Crippen LogP contribution is -2.34. The van der Waals surface area contributed by atoms with Crippen LogP contribution >= 0.6 is 15.8 Å². The van der Waals surface area contributed by atoms with Crippen LogP contribution in [0.4, 0.5) is 17.1 Å². The maximum Gasteiger partial charge on any atom is 0.138 e. The lowest BCUT2D eigenvalue weighted by atomic mass is 10.1. The first-order chi connectivity index (χ1) is 24.0. The molecule has 0 saturated carbocycles. The third-order valence-corrected chi connectivity index (χ3v) is 12.5. The van der Waals surface area contributed by atoms with Gasteiger partial charge in [0.2, 0.25) is 0 Å². The molecule has 4 nitrogen and oxygen atoms in total. The fraction of sp³-hybridized carbons (Fsp3) is 0.116. The van der Waals surface area contributed by atoms with Crippen LogP contribution in [0.5, 0.6) is 0 Å². The van der Waals surface area contributed by atoms with Crippen LogP contribution in [0.3, 0.4) is 0 Å². The maximum absolute atomic E-state index is 5.36. The summed E-state index contributed by atoms with van der Waals surface area (Å²) in [6.07, 6.45) is 0. The summed E-state index contributed by atoms with van der Waals surface area (Å²) >= 11 is 0. The van der Waals surface area contributed by atoms with Crippen LogP contribution in [0.25, 0.3) is 0 Å². The standard InChI is InChI=1S/C43H42N4P2/c1-32(2)44-42(48(37-20-9-5-10-21-37)38-22-11-6-12-23-38)45-35-28-30-36(31-29-35)46-43(47-41-33(3)18-17-19-34(41)4)49(39-24-13-7-14-25-39)40-26-15-8-16-27-40/h5-32H,1-4H3,(H,44,45)(H,46,47). The molecular weight excluding hydrogens is 634 g/mol. The molecule has 0 spiro atoms. The number of amidine groups is 2. The van der Waals surface area contributed by atoms with Gasteiger partial charge in [0.1, 0.15) is 11.2 Å². The SMILES string of the molecule is Cc1cccc(C)c1NC(=Nc1ccc(N=C(NC(C)C)P(c2ccccc2)c2ccccc2)cc1)P(c1ccccc1)c1ccccc1. The third-order valence-electron chi connectivity index (χ3n) is 7.94. The number of anilines is 1. The normalized spacial score (nSPS) is 12.1. The van der Waals surface area contributed by atoms with Crippen molar-refractivity contribution in [3.8, 4) is 0 Å². The zero-order chi connectivity index (χ0) is 34.0. The Morgan fingerprint density at radius 3 is 1.16 bits per heavy atom. The molecule has 0 radical (unpaired) electrons. The number of hydrogen-bond acceptors (Lipinski definition) is 2. The monoisotopic (exact) mass is 676 g/mol. The van der Waals surface area contributed by atoms with Gasteiger partial charge in [-0.05, 0) is 84.3 Å². The molecule has 0 unspecified atom stereocenters. The summed E-state index contributed by atoms with van der Waals surface area (Å²) < 4.78 is 0. The molecule has 0 amide bonds. The van der Waals surface area contributed by atoms with E-state index in [0.29, 0.717) is 0 Å². The molecule has 0 aromatic heterocycles. The first-order valence-corrected chi connectivity index (χ1v) is 19.3. The van der Waals surface area contributed by atoms with E-state index in [0.717, 1.165) is 28.2 Å². The molecule has 0 atom stereocenters. The summed E-state index contributed by atoms with van der Waals surface area (Å²) in [5.41, 5.74) is 7.14. The topological polar surface area (TPSA) is 48.8 Å². The summed E-state index contributed by atoms with van der Waals surface area (Å²) in [5.74, 6) is 0. The van der Waals surface area contributed by atoms with Crippen molar-refractivity contribution in [3.05, 3.63) is 175 Å². The summed E-state index contributed by atoms with van der Waals surface area (Å²) in [7, 11) is -1.86. The Bertz CT molecular complexity index is 1900. The van der Waals surface area contributed by atoms with Crippen molar-refractivity contribution >= 4 is 65.3 Å². The highest BCUT2D eigenvalue weighted by atomic mass is 31.1. The van der Waals surface area contributed by atoms with Gasteiger partial charge in [-0.25, -0.2) is 9.98 Å². The predicted octanol–water partition coefficient (Wildman–Crippen LogP) is 9.65. The maximum atomic E-state index is 5.36. The fourth-order valence-corrected chi connectivity index (χ4v) is 10.1. The molecule has 6 aromatic carbocycles. The Hall–Kier alpha value is -4.88. The molecule has 244 valence electrons. The zero-order valence-electron chi connectivity index (χ0n) is 28.5. The molecule has 0 fully saturated rings. The number of para-hydroxylation sites is 1. The summed E-state index contributed by atoms with van der Waals surface area (Å²) in [4.78, 5) is 10.6. The Kier molecular flexibility index (Phi) is 11.4. The predicted molar refractivity (Wildman–Crippen MR) is 217 cm³/mol. The number of aryl methyl sites for hydroxylation is 2. The lowest BCUT2D eigenvalue weighted by Gasteiger charge is -2.24. The highest BCUT2D eigenvalue weighted by Gasteiger charge is 2.23. The number of benzene rings is 6. The molecular formula is C43H42N4P2. The Labute approximate surface area is 293 Å². The van der Waals surface area contributed by atoms with E-state index < -0.39 is 15.8 Å². The molecule has 0 bridgehead atoms. The van der Waals surface area contributed by atoms with Gasteiger partial charge in [-0.2, -0.15) is 0 Å². The minimum Gasteiger partial charge on any atom is -0.367 e. The van der Waals surface area contributed by atoms with Gasteiger partial charge in [0.15, 0.2) is 0 Å². The average molecular weight is 677 g/mol. The second-order valence-corrected chi connectivity index (χ2v) is 16.3. The smallest absolute Gasteiger partial charge is 0.138 e. The van der Waals surface area contributed by atoms with Crippen molar-refractivity contribution in [1.82, 2.24) is 5.32 Å². The number of rotatable bonds is 10. The van der Waals surface area contributed by atoms with E-state index in [2.05, 4.69) is 202 Å². The molecule has 6 aromatic rings. The number of nitrogens with zero attached hydrogens (tertiary/aromatic N) is 2. The third kappa shape index (κ3) is 8.78. The highest BCUT2D eigenvalue weighted by Crippen LogP contribution is 2.39. The number of aliphatic imine (C=N–C) groups is 2. The molecule has 0 aliphatic heterocycles. The Balaban J connectivity index is 1.43. The molecule has 2 N–H and O–H groups in total. The first kappa shape index (κ1) is 34.0. The fourth-order valence-electron chi connectivity index (χ4n) is 5.60. The van der Waals surface area contributed by atoms with Gasteiger partial charge in [0.25, 0.3) is 0 Å². The van der Waals surface area contributed by atoms with Gasteiger partial charge >= 0.3 is 0 Å². The van der Waals surface area contributed by atoms with Crippen LogP contribution in [0.2, 0.25) is 0 Å². The lowest BCUT2D eigenvalue weighted by molar-refractivity contribution is 0.740. The van der Waals surface area contributed by atoms with Gasteiger partial charge in [-0.1, -0.05) is 140 Å². The van der Waals surface area contributed by atoms with Crippen LogP contribution < -0.4 is 31.9 Å². The van der Waals surface area contributed by atoms with Crippen molar-refractivity contribution in [2.75, 3.05) is 5.32 Å². The Morgan fingerprint density at radius 1 is 0.449 bits per heavy atom. The van der Waals surface area contributed by atoms with E-state index in [1.54, 1.807) is 0 Å². The van der Waals surface area contributed by atoms with Crippen molar-refractivity contribution in [3.63, 3.8) is 0 Å². The van der Waals surface area contributed by atoms with Crippen LogP contribution in [0.15, 0.2) is 174 Å². The largest absolute Gasteiger partial charge is 0.367 e. The molecule has 0 aliphatic carbocycles. The second kappa shape index (κ2) is 16.5. The quantitative estimate of drug-likeness (QED) is 0.0863. The van der Waals surface area contributed by atoms with Crippen LogP contribution in [-0.2, 0) is 0 Å². The van der Waals surface area contributed by atoms with Gasteiger partial charge < -0.3 is 10.6 Å². The summed E-state index contributed by atoms with van der Waals surface area (Å²) in [6, 6.07) is 57.7. The van der Waals surface area contributed by atoms with E-state index in [1.165, 1.54) is 32.3 Å². The minimum atomic E-state index is -0.974. The van der Waals surface area contributed by atoms with E-state index in [9.17, 15) is 0 Å². The van der Waals surface area contributed by atoms with E-state index in [-0.39, 0.29) is 6.04 Å². The van der Waals surface area contributed by atoms with E-state index in [1.807, 2.05) is 0 Å². The molecule has 0 aliphatic rings. The van der Waals surface area contributed by atoms with Gasteiger partial charge in [0.05, 0.1) is 11.4 Å². The van der Waals surface area contributed by atoms with Crippen molar-refractivity contribution < 1.29 is 0 Å². The number of nitrogens with one attached hydrogen (secondary N) is 2. The van der Waals surface area contributed by atoms with Gasteiger partial charge in [-0.15, -0.1) is 0 Å². The van der Waals surface area contributed by atoms with Crippen molar-refractivity contribution in [2.24, 2.45) is 9.98 Å². The molecule has 49 heavy (non-hydrogen) atoms. The average Bonchev–Trinajstić information content (AvgIpc) is 3.12. The summed E-state index contributed by atoms with van der Waals surface area (Å²) in [6.45, 7) is 8.63. The zero-order valence-corrected chi connectivity index (χ0v) is 30.2. The number of hydrogen-bond donors (Lipinski definition) is 2. The molecule has 0 heterocycles. The van der Waals surface area contributed by atoms with Crippen LogP contribution in [-0.4, -0.2) is 17.2 Å². The van der Waals surface area contributed by atoms with Crippen molar-refractivity contribution in [1.29, 1.82) is 0 Å². The first-order valence-electron chi connectivity index (χ1n) is 16.6. The van der Waals surface area contributed by atoms with E-state index in [4.69, 9.17) is 9.98 Å². The molecule has 6 rings (SSSR count). The van der Waals surface area contributed by atoms with Crippen molar-refractivity contribution in [2.45, 2.75) is 33.7 Å². The summed E-state index contributed by atoms with van der Waals surface area (Å²) in [5, 5.41) is 12.5. The van der Waals surface area contributed by atoms with Crippen LogP contribution in [0, 0.1) is 13.8 Å². The van der Waals surface area contributed by atoms with Gasteiger partial charge in [0, 0.05) is 27.6 Å². The van der Waals surface area contributed by atoms with E-state index >= 15 is 0 Å². The van der Waals surface area contributed by atoms with Crippen LogP contribution in [0.1, 0.15) is 25.0 Å². The second-order valence-electron chi connectivity index (χ2n) is 12.1. The van der Waals surface area contributed by atoms with Gasteiger partial charge in [-0.3, -0.25) is 0 Å². The highest BCUT2D eigenvalue weighted by molar-refractivity contribution is 7.88.